The molecule has 0 bridgehead atoms. The van der Waals surface area contributed by atoms with Crippen molar-refractivity contribution in [1.29, 1.82) is 0 Å². The van der Waals surface area contributed by atoms with Crippen molar-refractivity contribution in [3.63, 3.8) is 0 Å². The Bertz CT molecular complexity index is 3800. The molecule has 13 rings (SSSR count). The number of rotatable bonds is 6. The van der Waals surface area contributed by atoms with Gasteiger partial charge in [-0.05, 0) is 101 Å². The van der Waals surface area contributed by atoms with Crippen LogP contribution in [0.3, 0.4) is 0 Å². The van der Waals surface area contributed by atoms with Crippen molar-refractivity contribution in [1.82, 2.24) is 9.97 Å². The zero-order chi connectivity index (χ0) is 41.4. The summed E-state index contributed by atoms with van der Waals surface area (Å²) in [5, 5.41) is 7.36. The number of aromatic nitrogens is 2. The van der Waals surface area contributed by atoms with E-state index in [1.165, 1.54) is 51.5 Å². The van der Waals surface area contributed by atoms with Crippen LogP contribution in [0.25, 0.3) is 130 Å². The average molecular weight is 839 g/mol. The third-order valence-corrected chi connectivity index (χ3v) is 14.6. The van der Waals surface area contributed by atoms with E-state index in [2.05, 4.69) is 176 Å². The van der Waals surface area contributed by atoms with Crippen LogP contribution in [0.1, 0.15) is 0 Å². The van der Waals surface area contributed by atoms with Gasteiger partial charge in [0.15, 0.2) is 5.82 Å². The van der Waals surface area contributed by atoms with Crippen LogP contribution in [0, 0.1) is 0 Å². The number of benzene rings is 9. The third-order valence-electron chi connectivity index (χ3n) is 12.3. The molecule has 0 aliphatic carbocycles. The Morgan fingerprint density at radius 3 is 1.51 bits per heavy atom. The highest BCUT2D eigenvalue weighted by Gasteiger charge is 2.17. The first kappa shape index (κ1) is 36.0. The topological polar surface area (TPSA) is 38.9 Å². The Balaban J connectivity index is 1.01. The number of fused-ring (bicyclic) bond motifs is 9. The average Bonchev–Trinajstić information content (AvgIpc) is 4.05. The molecule has 5 heteroatoms. The van der Waals surface area contributed by atoms with Crippen LogP contribution in [0.5, 0.6) is 0 Å². The van der Waals surface area contributed by atoms with E-state index in [1.807, 2.05) is 53.0 Å². The summed E-state index contributed by atoms with van der Waals surface area (Å²) >= 11 is 3.69. The van der Waals surface area contributed by atoms with Crippen LogP contribution < -0.4 is 0 Å². The number of furan rings is 1. The Labute approximate surface area is 370 Å². The van der Waals surface area contributed by atoms with E-state index in [0.717, 1.165) is 72.3 Å². The van der Waals surface area contributed by atoms with Crippen molar-refractivity contribution in [3.05, 3.63) is 206 Å². The summed E-state index contributed by atoms with van der Waals surface area (Å²) in [6.07, 6.45) is 0. The second-order valence-corrected chi connectivity index (χ2v) is 18.3. The summed E-state index contributed by atoms with van der Waals surface area (Å²) in [6, 6.07) is 73.9. The maximum Gasteiger partial charge on any atom is 0.160 e. The predicted molar refractivity (Wildman–Crippen MR) is 268 cm³/mol. The molecule has 4 heterocycles. The molecule has 0 aliphatic rings. The molecule has 9 aromatic carbocycles. The molecule has 0 amide bonds. The zero-order valence-electron chi connectivity index (χ0n) is 33.7. The molecule has 13 aromatic rings. The largest absolute Gasteiger partial charge is 0.455 e. The minimum atomic E-state index is 0.678. The highest BCUT2D eigenvalue weighted by Crippen LogP contribution is 2.42. The van der Waals surface area contributed by atoms with Crippen molar-refractivity contribution in [2.75, 3.05) is 0 Å². The minimum absolute atomic E-state index is 0.678. The smallest absolute Gasteiger partial charge is 0.160 e. The summed E-state index contributed by atoms with van der Waals surface area (Å²) in [7, 11) is 0. The third kappa shape index (κ3) is 6.16. The molecule has 0 saturated heterocycles. The molecule has 0 saturated carbocycles. The number of nitrogens with zero attached hydrogens (tertiary/aromatic N) is 2. The lowest BCUT2D eigenvalue weighted by Gasteiger charge is -2.14. The lowest BCUT2D eigenvalue weighted by molar-refractivity contribution is 0.670. The van der Waals surface area contributed by atoms with Crippen LogP contribution in [-0.4, -0.2) is 9.97 Å². The zero-order valence-corrected chi connectivity index (χ0v) is 35.4. The van der Waals surface area contributed by atoms with E-state index in [1.54, 1.807) is 0 Å². The van der Waals surface area contributed by atoms with Gasteiger partial charge in [0.25, 0.3) is 0 Å². The maximum atomic E-state index is 6.49. The standard InChI is InChI=1S/C58H34N2OS2/c1-2-12-35(13-3-1)58-59-50(39-15-10-14-38(28-39)43-19-11-20-47-44-16-4-7-21-52(44)61-57(43)47)34-51(60-58)42-30-40(36-24-26-55-48(32-36)45-17-5-8-22-53(45)62-55)29-41(31-42)37-25-27-56-49(33-37)46-18-6-9-23-54(46)63-56/h1-34H. The highest BCUT2D eigenvalue weighted by molar-refractivity contribution is 7.26. The van der Waals surface area contributed by atoms with Gasteiger partial charge in [0, 0.05) is 73.4 Å². The SMILES string of the molecule is c1ccc(-c2nc(-c3cc(-c4ccc5sc6ccccc6c5c4)cc(-c4ccc5sc6ccccc6c5c4)c3)cc(-c3cccc(-c4cccc5c4oc4ccccc45)c3)n2)cc1. The van der Waals surface area contributed by atoms with E-state index in [0.29, 0.717) is 5.82 Å². The van der Waals surface area contributed by atoms with Crippen molar-refractivity contribution in [2.24, 2.45) is 0 Å². The molecule has 4 aromatic heterocycles. The molecule has 0 unspecified atom stereocenters. The van der Waals surface area contributed by atoms with Crippen molar-refractivity contribution in [3.8, 4) is 67.3 Å². The van der Waals surface area contributed by atoms with Gasteiger partial charge in [0.05, 0.1) is 11.4 Å². The molecule has 0 atom stereocenters. The molecule has 0 fully saturated rings. The van der Waals surface area contributed by atoms with E-state index >= 15 is 0 Å². The number of para-hydroxylation sites is 2. The molecule has 3 nitrogen and oxygen atoms in total. The van der Waals surface area contributed by atoms with Gasteiger partial charge in [-0.25, -0.2) is 9.97 Å². The fourth-order valence-corrected chi connectivity index (χ4v) is 11.4. The Morgan fingerprint density at radius 1 is 0.302 bits per heavy atom. The molecule has 63 heavy (non-hydrogen) atoms. The van der Waals surface area contributed by atoms with Crippen LogP contribution in [0.4, 0.5) is 0 Å². The molecule has 0 N–H and O–H groups in total. The fourth-order valence-electron chi connectivity index (χ4n) is 9.20. The first-order chi connectivity index (χ1) is 31.2. The predicted octanol–water partition coefficient (Wildman–Crippen LogP) is 17.1. The Kier molecular flexibility index (Phi) is 8.26. The molecule has 294 valence electrons. The van der Waals surface area contributed by atoms with Crippen LogP contribution in [0.2, 0.25) is 0 Å². The highest BCUT2D eigenvalue weighted by atomic mass is 32.1. The number of hydrogen-bond acceptors (Lipinski definition) is 5. The molecular weight excluding hydrogens is 805 g/mol. The summed E-state index contributed by atoms with van der Waals surface area (Å²) in [6.45, 7) is 0. The van der Waals surface area contributed by atoms with E-state index in [-0.39, 0.29) is 0 Å². The van der Waals surface area contributed by atoms with Gasteiger partial charge in [0.2, 0.25) is 0 Å². The quantitative estimate of drug-likeness (QED) is 0.167. The van der Waals surface area contributed by atoms with E-state index in [9.17, 15) is 0 Å². The van der Waals surface area contributed by atoms with Gasteiger partial charge in [-0.1, -0.05) is 133 Å². The van der Waals surface area contributed by atoms with E-state index in [4.69, 9.17) is 14.4 Å². The van der Waals surface area contributed by atoms with Gasteiger partial charge in [-0.15, -0.1) is 22.7 Å². The maximum absolute atomic E-state index is 6.49. The van der Waals surface area contributed by atoms with Gasteiger partial charge in [0.1, 0.15) is 11.2 Å². The Morgan fingerprint density at radius 2 is 0.810 bits per heavy atom. The molecular formula is C58H34N2OS2. The number of hydrogen-bond donors (Lipinski definition) is 0. The molecule has 0 radical (unpaired) electrons. The molecule has 0 spiro atoms. The minimum Gasteiger partial charge on any atom is -0.455 e. The summed E-state index contributed by atoms with van der Waals surface area (Å²) in [5.74, 6) is 0.678. The first-order valence-corrected chi connectivity index (χ1v) is 22.7. The van der Waals surface area contributed by atoms with Crippen LogP contribution >= 0.6 is 22.7 Å². The van der Waals surface area contributed by atoms with Gasteiger partial charge in [-0.3, -0.25) is 0 Å². The van der Waals surface area contributed by atoms with Crippen LogP contribution in [-0.2, 0) is 0 Å². The van der Waals surface area contributed by atoms with Crippen molar-refractivity contribution < 1.29 is 4.42 Å². The lowest BCUT2D eigenvalue weighted by Crippen LogP contribution is -1.97. The van der Waals surface area contributed by atoms with E-state index < -0.39 is 0 Å². The lowest BCUT2D eigenvalue weighted by atomic mass is 9.93. The van der Waals surface area contributed by atoms with Crippen molar-refractivity contribution in [2.45, 2.75) is 0 Å². The van der Waals surface area contributed by atoms with Gasteiger partial charge in [-0.2, -0.15) is 0 Å². The summed E-state index contributed by atoms with van der Waals surface area (Å²) < 4.78 is 11.7. The van der Waals surface area contributed by atoms with Crippen molar-refractivity contribution >= 4 is 85.0 Å². The van der Waals surface area contributed by atoms with Gasteiger partial charge >= 0.3 is 0 Å². The summed E-state index contributed by atoms with van der Waals surface area (Å²) in [4.78, 5) is 10.6. The normalized spacial score (nSPS) is 11.8. The first-order valence-electron chi connectivity index (χ1n) is 21.1. The number of thiophene rings is 2. The second-order valence-electron chi connectivity index (χ2n) is 16.1. The molecule has 0 aliphatic heterocycles. The van der Waals surface area contributed by atoms with Gasteiger partial charge < -0.3 is 4.42 Å². The summed E-state index contributed by atoms with van der Waals surface area (Å²) in [5.41, 5.74) is 13.2. The fraction of sp³-hybridized carbons (Fsp3) is 0. The Hall–Kier alpha value is -7.70. The van der Waals surface area contributed by atoms with Crippen LogP contribution in [0.15, 0.2) is 211 Å². The monoisotopic (exact) mass is 838 g/mol. The second kappa shape index (κ2) is 14.5.